The van der Waals surface area contributed by atoms with Crippen molar-refractivity contribution in [3.63, 3.8) is 0 Å². The van der Waals surface area contributed by atoms with Gasteiger partial charge in [0.25, 0.3) is 0 Å². The average molecular weight is 312 g/mol. The highest BCUT2D eigenvalue weighted by atomic mass is 16.5. The Morgan fingerprint density at radius 2 is 1.70 bits per heavy atom. The standard InChI is InChI=1S/C19H20O4/c1-13-8-10-15(18(12-13)22-3)16(20)11-9-14-6-5-7-17(21-2)19(14)23-4/h5-12H,1-4H3/b11-9+. The van der Waals surface area contributed by atoms with Gasteiger partial charge in [0.1, 0.15) is 5.75 Å². The van der Waals surface area contributed by atoms with E-state index in [0.29, 0.717) is 22.8 Å². The molecule has 0 aliphatic heterocycles. The van der Waals surface area contributed by atoms with Gasteiger partial charge in [0.15, 0.2) is 17.3 Å². The van der Waals surface area contributed by atoms with Gasteiger partial charge in [-0.25, -0.2) is 0 Å². The molecule has 0 aromatic heterocycles. The van der Waals surface area contributed by atoms with E-state index < -0.39 is 0 Å². The van der Waals surface area contributed by atoms with Crippen LogP contribution < -0.4 is 14.2 Å². The monoisotopic (exact) mass is 312 g/mol. The summed E-state index contributed by atoms with van der Waals surface area (Å²) >= 11 is 0. The van der Waals surface area contributed by atoms with Crippen LogP contribution in [0, 0.1) is 6.92 Å². The molecule has 23 heavy (non-hydrogen) atoms. The molecule has 0 fully saturated rings. The van der Waals surface area contributed by atoms with Gasteiger partial charge in [-0.3, -0.25) is 4.79 Å². The average Bonchev–Trinajstić information content (AvgIpc) is 2.58. The highest BCUT2D eigenvalue weighted by molar-refractivity contribution is 6.08. The lowest BCUT2D eigenvalue weighted by atomic mass is 10.1. The number of methoxy groups -OCH3 is 3. The first-order valence-electron chi connectivity index (χ1n) is 7.18. The van der Waals surface area contributed by atoms with Crippen LogP contribution in [0.25, 0.3) is 6.08 Å². The molecule has 0 unspecified atom stereocenters. The number of aryl methyl sites for hydroxylation is 1. The molecule has 0 spiro atoms. The number of rotatable bonds is 6. The van der Waals surface area contributed by atoms with E-state index in [1.807, 2.05) is 31.2 Å². The summed E-state index contributed by atoms with van der Waals surface area (Å²) in [6, 6.07) is 11.0. The molecule has 2 aromatic rings. The Morgan fingerprint density at radius 3 is 2.35 bits per heavy atom. The molecule has 120 valence electrons. The van der Waals surface area contributed by atoms with Gasteiger partial charge >= 0.3 is 0 Å². The second-order valence-corrected chi connectivity index (χ2v) is 4.98. The molecule has 0 saturated carbocycles. The fraction of sp³-hybridized carbons (Fsp3) is 0.211. The summed E-state index contributed by atoms with van der Waals surface area (Å²) in [5, 5.41) is 0. The third-order valence-electron chi connectivity index (χ3n) is 3.47. The predicted octanol–water partition coefficient (Wildman–Crippen LogP) is 3.92. The van der Waals surface area contributed by atoms with Crippen molar-refractivity contribution in [2.45, 2.75) is 6.92 Å². The summed E-state index contributed by atoms with van der Waals surface area (Å²) < 4.78 is 15.9. The zero-order valence-electron chi connectivity index (χ0n) is 13.8. The van der Waals surface area contributed by atoms with Crippen molar-refractivity contribution < 1.29 is 19.0 Å². The lowest BCUT2D eigenvalue weighted by Gasteiger charge is -2.10. The molecular weight excluding hydrogens is 292 g/mol. The summed E-state index contributed by atoms with van der Waals surface area (Å²) in [6.45, 7) is 1.95. The number of benzene rings is 2. The van der Waals surface area contributed by atoms with Crippen LogP contribution in [-0.4, -0.2) is 27.1 Å². The maximum atomic E-state index is 12.4. The molecule has 0 amide bonds. The van der Waals surface area contributed by atoms with E-state index in [9.17, 15) is 4.79 Å². The molecule has 0 atom stereocenters. The number of ether oxygens (including phenoxy) is 3. The molecule has 0 aliphatic rings. The third-order valence-corrected chi connectivity index (χ3v) is 3.47. The molecular formula is C19H20O4. The molecule has 0 bridgehead atoms. The minimum atomic E-state index is -0.133. The zero-order chi connectivity index (χ0) is 16.8. The Kier molecular flexibility index (Phi) is 5.41. The predicted molar refractivity (Wildman–Crippen MR) is 90.6 cm³/mol. The number of ketones is 1. The van der Waals surface area contributed by atoms with Crippen LogP contribution in [0.2, 0.25) is 0 Å². The lowest BCUT2D eigenvalue weighted by Crippen LogP contribution is -1.99. The molecule has 4 heteroatoms. The van der Waals surface area contributed by atoms with Crippen molar-refractivity contribution in [2.75, 3.05) is 21.3 Å². The SMILES string of the molecule is COc1cc(C)ccc1C(=O)/C=C/c1cccc(OC)c1OC. The van der Waals surface area contributed by atoms with E-state index in [2.05, 4.69) is 0 Å². The smallest absolute Gasteiger partial charge is 0.189 e. The van der Waals surface area contributed by atoms with Crippen molar-refractivity contribution in [3.8, 4) is 17.2 Å². The number of hydrogen-bond donors (Lipinski definition) is 0. The fourth-order valence-electron chi connectivity index (χ4n) is 2.30. The quantitative estimate of drug-likeness (QED) is 0.599. The van der Waals surface area contributed by atoms with E-state index in [1.54, 1.807) is 39.5 Å². The van der Waals surface area contributed by atoms with Crippen LogP contribution in [0.4, 0.5) is 0 Å². The molecule has 0 radical (unpaired) electrons. The van der Waals surface area contributed by atoms with E-state index >= 15 is 0 Å². The van der Waals surface area contributed by atoms with Crippen molar-refractivity contribution in [2.24, 2.45) is 0 Å². The maximum Gasteiger partial charge on any atom is 0.189 e. The number of allylic oxidation sites excluding steroid dienone is 1. The summed E-state index contributed by atoms with van der Waals surface area (Å²) in [4.78, 5) is 12.4. The van der Waals surface area contributed by atoms with Gasteiger partial charge in [-0.05, 0) is 42.8 Å². The minimum absolute atomic E-state index is 0.133. The van der Waals surface area contributed by atoms with Gasteiger partial charge in [0, 0.05) is 5.56 Å². The van der Waals surface area contributed by atoms with Crippen LogP contribution in [0.5, 0.6) is 17.2 Å². The Balaban J connectivity index is 2.32. The van der Waals surface area contributed by atoms with E-state index in [-0.39, 0.29) is 5.78 Å². The van der Waals surface area contributed by atoms with Gasteiger partial charge in [-0.15, -0.1) is 0 Å². The molecule has 2 rings (SSSR count). The van der Waals surface area contributed by atoms with Crippen LogP contribution in [0.15, 0.2) is 42.5 Å². The van der Waals surface area contributed by atoms with Crippen LogP contribution in [-0.2, 0) is 0 Å². The Bertz CT molecular complexity index is 732. The number of carbonyl (C=O) groups excluding carboxylic acids is 1. The Morgan fingerprint density at radius 1 is 0.957 bits per heavy atom. The van der Waals surface area contributed by atoms with E-state index in [0.717, 1.165) is 11.1 Å². The molecule has 4 nitrogen and oxygen atoms in total. The van der Waals surface area contributed by atoms with Crippen molar-refractivity contribution in [1.82, 2.24) is 0 Å². The minimum Gasteiger partial charge on any atom is -0.496 e. The zero-order valence-corrected chi connectivity index (χ0v) is 13.8. The first-order chi connectivity index (χ1) is 11.1. The topological polar surface area (TPSA) is 44.8 Å². The molecule has 0 saturated heterocycles. The highest BCUT2D eigenvalue weighted by Gasteiger charge is 2.11. The van der Waals surface area contributed by atoms with E-state index in [4.69, 9.17) is 14.2 Å². The first-order valence-corrected chi connectivity index (χ1v) is 7.18. The van der Waals surface area contributed by atoms with Gasteiger partial charge in [0.05, 0.1) is 26.9 Å². The highest BCUT2D eigenvalue weighted by Crippen LogP contribution is 2.31. The molecule has 0 heterocycles. The second-order valence-electron chi connectivity index (χ2n) is 4.98. The van der Waals surface area contributed by atoms with Crippen LogP contribution in [0.1, 0.15) is 21.5 Å². The van der Waals surface area contributed by atoms with Crippen LogP contribution >= 0.6 is 0 Å². The van der Waals surface area contributed by atoms with E-state index in [1.165, 1.54) is 6.08 Å². The summed E-state index contributed by atoms with van der Waals surface area (Å²) in [7, 11) is 4.70. The summed E-state index contributed by atoms with van der Waals surface area (Å²) in [5.74, 6) is 1.65. The molecule has 2 aromatic carbocycles. The van der Waals surface area contributed by atoms with Gasteiger partial charge in [-0.2, -0.15) is 0 Å². The normalized spacial score (nSPS) is 10.6. The molecule has 0 N–H and O–H groups in total. The van der Waals surface area contributed by atoms with Crippen LogP contribution in [0.3, 0.4) is 0 Å². The fourth-order valence-corrected chi connectivity index (χ4v) is 2.30. The number of para-hydroxylation sites is 1. The Hall–Kier alpha value is -2.75. The summed E-state index contributed by atoms with van der Waals surface area (Å²) in [6.07, 6.45) is 3.22. The first kappa shape index (κ1) is 16.6. The third kappa shape index (κ3) is 3.72. The van der Waals surface area contributed by atoms with Crippen molar-refractivity contribution in [3.05, 3.63) is 59.2 Å². The summed E-state index contributed by atoms with van der Waals surface area (Å²) in [5.41, 5.74) is 2.33. The van der Waals surface area contributed by atoms with Gasteiger partial charge in [0.2, 0.25) is 0 Å². The molecule has 0 aliphatic carbocycles. The van der Waals surface area contributed by atoms with Gasteiger partial charge in [-0.1, -0.05) is 18.2 Å². The maximum absolute atomic E-state index is 12.4. The van der Waals surface area contributed by atoms with Gasteiger partial charge < -0.3 is 14.2 Å². The van der Waals surface area contributed by atoms with Crippen molar-refractivity contribution in [1.29, 1.82) is 0 Å². The van der Waals surface area contributed by atoms with Crippen molar-refractivity contribution >= 4 is 11.9 Å². The number of carbonyl (C=O) groups is 1. The Labute approximate surface area is 136 Å². The largest absolute Gasteiger partial charge is 0.496 e. The lowest BCUT2D eigenvalue weighted by molar-refractivity contribution is 0.104. The number of hydrogen-bond acceptors (Lipinski definition) is 4. The second kappa shape index (κ2) is 7.49.